The second-order valence-corrected chi connectivity index (χ2v) is 9.73. The van der Waals surface area contributed by atoms with Crippen molar-refractivity contribution in [3.8, 4) is 0 Å². The first-order valence-electron chi connectivity index (χ1n) is 11.0. The second kappa shape index (κ2) is 10.7. The topological polar surface area (TPSA) is 79.0 Å². The summed E-state index contributed by atoms with van der Waals surface area (Å²) in [7, 11) is -3.80. The van der Waals surface area contributed by atoms with Crippen molar-refractivity contribution in [3.05, 3.63) is 53.6 Å². The smallest absolute Gasteiger partial charge is 0.379 e. The quantitative estimate of drug-likeness (QED) is 0.599. The molecule has 1 amide bonds. The Morgan fingerprint density at radius 1 is 1.09 bits per heavy atom. The Bertz CT molecular complexity index is 1110. The molecule has 34 heavy (non-hydrogen) atoms. The third-order valence-electron chi connectivity index (χ3n) is 5.57. The van der Waals surface area contributed by atoms with Crippen LogP contribution in [-0.2, 0) is 32.2 Å². The van der Waals surface area contributed by atoms with Gasteiger partial charge in [-0.25, -0.2) is 8.42 Å². The second-order valence-electron chi connectivity index (χ2n) is 7.79. The van der Waals surface area contributed by atoms with Gasteiger partial charge >= 0.3 is 6.18 Å². The van der Waals surface area contributed by atoms with Crippen LogP contribution in [0.2, 0.25) is 0 Å². The Kier molecular flexibility index (Phi) is 8.21. The predicted octanol–water partition coefficient (Wildman–Crippen LogP) is 3.75. The van der Waals surface area contributed by atoms with Crippen LogP contribution in [-0.4, -0.2) is 58.0 Å². The first-order chi connectivity index (χ1) is 16.1. The Hall–Kier alpha value is -2.63. The largest absolute Gasteiger partial charge is 0.416 e. The summed E-state index contributed by atoms with van der Waals surface area (Å²) in [6.07, 6.45) is -4.80. The Labute approximate surface area is 197 Å². The van der Waals surface area contributed by atoms with Crippen molar-refractivity contribution in [2.75, 3.05) is 49.6 Å². The number of carbonyl (C=O) groups is 1. The molecule has 7 nitrogen and oxygen atoms in total. The normalized spacial score (nSPS) is 15.2. The lowest BCUT2D eigenvalue weighted by molar-refractivity contribution is -0.137. The fraction of sp³-hybridized carbons (Fsp3) is 0.435. The zero-order chi connectivity index (χ0) is 24.9. The molecule has 0 saturated carbocycles. The molecule has 1 heterocycles. The summed E-state index contributed by atoms with van der Waals surface area (Å²) in [5.74, 6) is -0.548. The van der Waals surface area contributed by atoms with Gasteiger partial charge in [0.25, 0.3) is 0 Å². The minimum Gasteiger partial charge on any atom is -0.379 e. The number of benzene rings is 2. The van der Waals surface area contributed by atoms with Crippen LogP contribution in [0.15, 0.2) is 47.4 Å². The van der Waals surface area contributed by atoms with E-state index in [1.165, 1.54) is 28.6 Å². The SMILES string of the molecule is CCN(CC)c1ccc(S(=O)(=O)N2CCOCC2)cc1NC(=O)Cc1cccc(C(F)(F)F)c1. The van der Waals surface area contributed by atoms with Gasteiger partial charge in [-0.3, -0.25) is 4.79 Å². The average Bonchev–Trinajstić information content (AvgIpc) is 2.80. The molecule has 0 bridgehead atoms. The van der Waals surface area contributed by atoms with Crippen molar-refractivity contribution in [3.63, 3.8) is 0 Å². The molecule has 0 atom stereocenters. The number of sulfonamides is 1. The molecule has 1 saturated heterocycles. The first kappa shape index (κ1) is 26.0. The zero-order valence-corrected chi connectivity index (χ0v) is 19.9. The molecular weight excluding hydrogens is 471 g/mol. The lowest BCUT2D eigenvalue weighted by atomic mass is 10.1. The molecule has 1 aliphatic rings. The van der Waals surface area contributed by atoms with Crippen molar-refractivity contribution < 1.29 is 31.1 Å². The summed E-state index contributed by atoms with van der Waals surface area (Å²) < 4.78 is 71.8. The fourth-order valence-corrected chi connectivity index (χ4v) is 5.22. The van der Waals surface area contributed by atoms with Crippen LogP contribution in [0.25, 0.3) is 0 Å². The number of morpholine rings is 1. The van der Waals surface area contributed by atoms with Gasteiger partial charge in [0, 0.05) is 26.2 Å². The van der Waals surface area contributed by atoms with Gasteiger partial charge in [0.2, 0.25) is 15.9 Å². The molecule has 2 aromatic rings. The van der Waals surface area contributed by atoms with Gasteiger partial charge in [-0.2, -0.15) is 17.5 Å². The lowest BCUT2D eigenvalue weighted by Crippen LogP contribution is -2.40. The number of carbonyl (C=O) groups excluding carboxylic acids is 1. The van der Waals surface area contributed by atoms with Gasteiger partial charge in [-0.15, -0.1) is 0 Å². The van der Waals surface area contributed by atoms with Crippen LogP contribution in [0.3, 0.4) is 0 Å². The van der Waals surface area contributed by atoms with Crippen LogP contribution in [0.1, 0.15) is 25.0 Å². The Balaban J connectivity index is 1.90. The zero-order valence-electron chi connectivity index (χ0n) is 19.1. The monoisotopic (exact) mass is 499 g/mol. The highest BCUT2D eigenvalue weighted by Crippen LogP contribution is 2.32. The van der Waals surface area contributed by atoms with E-state index < -0.39 is 27.7 Å². The molecule has 11 heteroatoms. The lowest BCUT2D eigenvalue weighted by Gasteiger charge is -2.28. The van der Waals surface area contributed by atoms with E-state index in [1.54, 1.807) is 6.07 Å². The van der Waals surface area contributed by atoms with Crippen molar-refractivity contribution >= 4 is 27.3 Å². The molecule has 0 unspecified atom stereocenters. The molecular formula is C23H28F3N3O4S. The Morgan fingerprint density at radius 2 is 1.76 bits per heavy atom. The number of halogens is 3. The number of nitrogens with zero attached hydrogens (tertiary/aromatic N) is 2. The highest BCUT2D eigenvalue weighted by atomic mass is 32.2. The number of hydrogen-bond donors (Lipinski definition) is 1. The molecule has 0 aliphatic carbocycles. The van der Waals surface area contributed by atoms with Gasteiger partial charge in [-0.1, -0.05) is 18.2 Å². The minimum atomic E-state index is -4.51. The minimum absolute atomic E-state index is 0.0275. The molecule has 1 N–H and O–H groups in total. The summed E-state index contributed by atoms with van der Waals surface area (Å²) in [6, 6.07) is 9.12. The van der Waals surface area contributed by atoms with E-state index in [-0.39, 0.29) is 35.7 Å². The van der Waals surface area contributed by atoms with Crippen LogP contribution in [0, 0.1) is 0 Å². The van der Waals surface area contributed by atoms with Gasteiger partial charge in [-0.05, 0) is 43.7 Å². The maximum absolute atomic E-state index is 13.1. The summed E-state index contributed by atoms with van der Waals surface area (Å²) in [6.45, 7) is 6.15. The molecule has 0 spiro atoms. The highest BCUT2D eigenvalue weighted by Gasteiger charge is 2.31. The third-order valence-corrected chi connectivity index (χ3v) is 7.47. The average molecular weight is 500 g/mol. The highest BCUT2D eigenvalue weighted by molar-refractivity contribution is 7.89. The number of nitrogens with one attached hydrogen (secondary N) is 1. The maximum Gasteiger partial charge on any atom is 0.416 e. The summed E-state index contributed by atoms with van der Waals surface area (Å²) in [5, 5.41) is 2.71. The predicted molar refractivity (Wildman–Crippen MR) is 123 cm³/mol. The molecule has 1 fully saturated rings. The molecule has 1 aliphatic heterocycles. The number of amides is 1. The number of rotatable bonds is 8. The van der Waals surface area contributed by atoms with E-state index in [1.807, 2.05) is 18.7 Å². The number of ether oxygens (including phenoxy) is 1. The molecule has 0 radical (unpaired) electrons. The van der Waals surface area contributed by atoms with Gasteiger partial charge in [0.15, 0.2) is 0 Å². The molecule has 186 valence electrons. The van der Waals surface area contributed by atoms with Crippen LogP contribution >= 0.6 is 0 Å². The van der Waals surface area contributed by atoms with E-state index in [4.69, 9.17) is 4.74 Å². The number of anilines is 2. The van der Waals surface area contributed by atoms with Gasteiger partial charge in [0.1, 0.15) is 0 Å². The summed E-state index contributed by atoms with van der Waals surface area (Å²) in [5.41, 5.74) is 0.285. The molecule has 0 aromatic heterocycles. The van der Waals surface area contributed by atoms with Crippen molar-refractivity contribution in [1.82, 2.24) is 4.31 Å². The van der Waals surface area contributed by atoms with E-state index in [0.717, 1.165) is 12.1 Å². The van der Waals surface area contributed by atoms with Gasteiger partial charge in [0.05, 0.1) is 41.5 Å². The number of alkyl halides is 3. The third kappa shape index (κ3) is 6.08. The first-order valence-corrected chi connectivity index (χ1v) is 12.4. The maximum atomic E-state index is 13.1. The van der Waals surface area contributed by atoms with Gasteiger partial charge < -0.3 is 15.0 Å². The van der Waals surface area contributed by atoms with Crippen LogP contribution in [0.5, 0.6) is 0 Å². The van der Waals surface area contributed by atoms with Crippen molar-refractivity contribution in [2.24, 2.45) is 0 Å². The summed E-state index contributed by atoms with van der Waals surface area (Å²) >= 11 is 0. The Morgan fingerprint density at radius 3 is 2.38 bits per heavy atom. The fourth-order valence-electron chi connectivity index (χ4n) is 3.79. The van der Waals surface area contributed by atoms with Crippen LogP contribution < -0.4 is 10.2 Å². The van der Waals surface area contributed by atoms with E-state index in [0.29, 0.717) is 32.0 Å². The molecule has 3 rings (SSSR count). The van der Waals surface area contributed by atoms with Crippen molar-refractivity contribution in [1.29, 1.82) is 0 Å². The molecule has 2 aromatic carbocycles. The van der Waals surface area contributed by atoms with E-state index in [9.17, 15) is 26.4 Å². The van der Waals surface area contributed by atoms with Crippen LogP contribution in [0.4, 0.5) is 24.5 Å². The standard InChI is InChI=1S/C23H28F3N3O4S/c1-3-28(4-2)21-9-8-19(34(31,32)29-10-12-33-13-11-29)16-20(21)27-22(30)15-17-6-5-7-18(14-17)23(24,25)26/h5-9,14,16H,3-4,10-13,15H2,1-2H3,(H,27,30). The van der Waals surface area contributed by atoms with E-state index in [2.05, 4.69) is 5.32 Å². The van der Waals surface area contributed by atoms with Crippen molar-refractivity contribution in [2.45, 2.75) is 31.3 Å². The number of hydrogen-bond acceptors (Lipinski definition) is 5. The van der Waals surface area contributed by atoms with E-state index >= 15 is 0 Å². The summed E-state index contributed by atoms with van der Waals surface area (Å²) in [4.78, 5) is 14.7.